The van der Waals surface area contributed by atoms with Crippen molar-refractivity contribution < 1.29 is 13.9 Å². The van der Waals surface area contributed by atoms with E-state index in [0.29, 0.717) is 5.92 Å². The minimum Gasteiger partial charge on any atom is -0.493 e. The first-order valence-corrected chi connectivity index (χ1v) is 10.6. The molecule has 1 saturated heterocycles. The molecule has 1 aromatic carbocycles. The smallest absolute Gasteiger partial charge is 0.298 e. The van der Waals surface area contributed by atoms with Crippen LogP contribution in [0.3, 0.4) is 0 Å². The lowest BCUT2D eigenvalue weighted by molar-refractivity contribution is -0.119. The molecule has 152 valence electrons. The minimum absolute atomic E-state index is 0.0550. The van der Waals surface area contributed by atoms with Crippen molar-refractivity contribution in [3.8, 4) is 5.75 Å². The van der Waals surface area contributed by atoms with Crippen molar-refractivity contribution in [1.29, 1.82) is 0 Å². The fraction of sp³-hybridized carbons (Fsp3) is 0.636. The third-order valence-electron chi connectivity index (χ3n) is 5.87. The van der Waals surface area contributed by atoms with Gasteiger partial charge >= 0.3 is 0 Å². The van der Waals surface area contributed by atoms with Crippen molar-refractivity contribution in [2.45, 2.75) is 58.4 Å². The fourth-order valence-electron chi connectivity index (χ4n) is 3.93. The van der Waals surface area contributed by atoms with Crippen LogP contribution in [0.1, 0.15) is 52.4 Å². The predicted molar refractivity (Wildman–Crippen MR) is 110 cm³/mol. The molecule has 28 heavy (non-hydrogen) atoms. The zero-order valence-electron chi connectivity index (χ0n) is 16.9. The number of nitrogens with zero attached hydrogens (tertiary/aromatic N) is 2. The summed E-state index contributed by atoms with van der Waals surface area (Å²) in [4.78, 5) is 18.0. The molecule has 6 nitrogen and oxygen atoms in total. The quantitative estimate of drug-likeness (QED) is 0.740. The molecule has 1 aliphatic carbocycles. The molecule has 2 aliphatic rings. The fourth-order valence-corrected chi connectivity index (χ4v) is 3.93. The molecule has 2 heterocycles. The zero-order valence-corrected chi connectivity index (χ0v) is 16.9. The summed E-state index contributed by atoms with van der Waals surface area (Å²) in [7, 11) is 0. The molecule has 1 saturated carbocycles. The number of carbonyl (C=O) groups excluding carboxylic acids is 1. The van der Waals surface area contributed by atoms with E-state index in [1.807, 2.05) is 18.2 Å². The van der Waals surface area contributed by atoms with E-state index in [9.17, 15) is 4.79 Å². The van der Waals surface area contributed by atoms with Crippen molar-refractivity contribution in [3.63, 3.8) is 0 Å². The van der Waals surface area contributed by atoms with E-state index < -0.39 is 0 Å². The van der Waals surface area contributed by atoms with Crippen LogP contribution in [0.4, 0.5) is 6.01 Å². The van der Waals surface area contributed by atoms with Gasteiger partial charge in [-0.1, -0.05) is 0 Å². The molecular weight excluding hydrogens is 354 g/mol. The molecule has 1 aromatic heterocycles. The number of carbonyl (C=O) groups is 1. The van der Waals surface area contributed by atoms with Gasteiger partial charge in [0, 0.05) is 32.1 Å². The number of oxazole rings is 1. The van der Waals surface area contributed by atoms with E-state index in [1.54, 1.807) is 6.92 Å². The first kappa shape index (κ1) is 19.1. The van der Waals surface area contributed by atoms with Crippen LogP contribution in [-0.4, -0.2) is 36.6 Å². The molecule has 2 aromatic rings. The highest BCUT2D eigenvalue weighted by Crippen LogP contribution is 2.32. The number of benzene rings is 1. The van der Waals surface area contributed by atoms with Crippen LogP contribution in [0.5, 0.6) is 5.75 Å². The third-order valence-corrected chi connectivity index (χ3v) is 5.87. The summed E-state index contributed by atoms with van der Waals surface area (Å²) in [5.41, 5.74) is 1.69. The largest absolute Gasteiger partial charge is 0.493 e. The number of rotatable bonds is 8. The molecular formula is C22H31N3O3. The second-order valence-corrected chi connectivity index (χ2v) is 8.49. The van der Waals surface area contributed by atoms with Gasteiger partial charge in [-0.15, -0.1) is 0 Å². The Kier molecular flexibility index (Phi) is 5.74. The lowest BCUT2D eigenvalue weighted by Gasteiger charge is -2.31. The van der Waals surface area contributed by atoms with E-state index >= 15 is 0 Å². The highest BCUT2D eigenvalue weighted by atomic mass is 16.5. The molecule has 4 rings (SSSR count). The van der Waals surface area contributed by atoms with Crippen LogP contribution in [0, 0.1) is 11.8 Å². The molecule has 0 unspecified atom stereocenters. The maximum Gasteiger partial charge on any atom is 0.298 e. The van der Waals surface area contributed by atoms with Gasteiger partial charge in [-0.25, -0.2) is 0 Å². The standard InChI is InChI=1S/C22H31N3O3/c1-15(23-16(2)26)3-4-17-9-11-25(12-10-17)22-24-20-8-7-19(13-21(20)28-22)27-14-18-5-6-18/h7-8,13,15,17-18H,3-6,9-12,14H2,1-2H3,(H,23,26)/t15-/m0/s1. The first-order valence-electron chi connectivity index (χ1n) is 10.6. The summed E-state index contributed by atoms with van der Waals surface area (Å²) in [6.07, 6.45) is 7.05. The van der Waals surface area contributed by atoms with Crippen LogP contribution in [-0.2, 0) is 4.79 Å². The second-order valence-electron chi connectivity index (χ2n) is 8.49. The molecule has 1 N–H and O–H groups in total. The maximum absolute atomic E-state index is 11.1. The monoisotopic (exact) mass is 385 g/mol. The number of hydrogen-bond donors (Lipinski definition) is 1. The summed E-state index contributed by atoms with van der Waals surface area (Å²) in [6.45, 7) is 6.41. The van der Waals surface area contributed by atoms with Crippen molar-refractivity contribution >= 4 is 23.0 Å². The van der Waals surface area contributed by atoms with Crippen LogP contribution < -0.4 is 15.0 Å². The Morgan fingerprint density at radius 1 is 1.29 bits per heavy atom. The van der Waals surface area contributed by atoms with Crippen molar-refractivity contribution in [2.75, 3.05) is 24.6 Å². The Labute approximate surface area is 166 Å². The number of piperidine rings is 1. The molecule has 2 fully saturated rings. The molecule has 0 bridgehead atoms. The highest BCUT2D eigenvalue weighted by molar-refractivity contribution is 5.76. The van der Waals surface area contributed by atoms with Gasteiger partial charge in [0.05, 0.1) is 6.61 Å². The van der Waals surface area contributed by atoms with Gasteiger partial charge in [-0.05, 0) is 69.4 Å². The highest BCUT2D eigenvalue weighted by Gasteiger charge is 2.24. The molecule has 1 atom stereocenters. The third kappa shape index (κ3) is 4.97. The van der Waals surface area contributed by atoms with E-state index in [2.05, 4.69) is 22.1 Å². The van der Waals surface area contributed by atoms with Gasteiger partial charge in [-0.2, -0.15) is 4.98 Å². The normalized spacial score (nSPS) is 19.0. The van der Waals surface area contributed by atoms with Gasteiger partial charge in [0.25, 0.3) is 6.01 Å². The van der Waals surface area contributed by atoms with Gasteiger partial charge in [0.1, 0.15) is 11.3 Å². The lowest BCUT2D eigenvalue weighted by Crippen LogP contribution is -2.35. The number of anilines is 1. The van der Waals surface area contributed by atoms with Crippen LogP contribution in [0.2, 0.25) is 0 Å². The number of aromatic nitrogens is 1. The number of nitrogens with one attached hydrogen (secondary N) is 1. The summed E-state index contributed by atoms with van der Waals surface area (Å²) in [5, 5.41) is 2.97. The maximum atomic E-state index is 11.1. The van der Waals surface area contributed by atoms with Gasteiger partial charge in [0.15, 0.2) is 5.58 Å². The second kappa shape index (κ2) is 8.41. The lowest BCUT2D eigenvalue weighted by atomic mass is 9.91. The average molecular weight is 386 g/mol. The molecule has 1 amide bonds. The average Bonchev–Trinajstić information content (AvgIpc) is 3.41. The zero-order chi connectivity index (χ0) is 19.5. The number of hydrogen-bond acceptors (Lipinski definition) is 5. The minimum atomic E-state index is 0.0550. The van der Waals surface area contributed by atoms with E-state index in [0.717, 1.165) is 74.2 Å². The molecule has 0 spiro atoms. The molecule has 0 radical (unpaired) electrons. The van der Waals surface area contributed by atoms with E-state index in [1.165, 1.54) is 12.8 Å². The Morgan fingerprint density at radius 3 is 2.79 bits per heavy atom. The molecule has 6 heteroatoms. The summed E-state index contributed by atoms with van der Waals surface area (Å²) < 4.78 is 11.9. The van der Waals surface area contributed by atoms with Crippen molar-refractivity contribution in [2.24, 2.45) is 11.8 Å². The first-order chi connectivity index (χ1) is 13.6. The topological polar surface area (TPSA) is 67.6 Å². The Bertz CT molecular complexity index is 806. The van der Waals surface area contributed by atoms with Crippen molar-refractivity contribution in [3.05, 3.63) is 18.2 Å². The van der Waals surface area contributed by atoms with Gasteiger partial charge in [0.2, 0.25) is 5.91 Å². The predicted octanol–water partition coefficient (Wildman–Crippen LogP) is 4.14. The van der Waals surface area contributed by atoms with Crippen LogP contribution in [0.15, 0.2) is 22.6 Å². The summed E-state index contributed by atoms with van der Waals surface area (Å²) in [5.74, 6) is 2.37. The Balaban J connectivity index is 1.29. The Morgan fingerprint density at radius 2 is 2.07 bits per heavy atom. The van der Waals surface area contributed by atoms with Crippen LogP contribution >= 0.6 is 0 Å². The van der Waals surface area contributed by atoms with Crippen molar-refractivity contribution in [1.82, 2.24) is 10.3 Å². The molecule has 1 aliphatic heterocycles. The van der Waals surface area contributed by atoms with E-state index in [-0.39, 0.29) is 11.9 Å². The van der Waals surface area contributed by atoms with E-state index in [4.69, 9.17) is 9.15 Å². The summed E-state index contributed by atoms with van der Waals surface area (Å²) in [6, 6.07) is 6.91. The number of ether oxygens (including phenoxy) is 1. The van der Waals surface area contributed by atoms with Crippen LogP contribution in [0.25, 0.3) is 11.1 Å². The SMILES string of the molecule is CC(=O)N[C@@H](C)CCC1CCN(c2nc3ccc(OCC4CC4)cc3o2)CC1. The number of amides is 1. The number of fused-ring (bicyclic) bond motifs is 1. The van der Waals surface area contributed by atoms with Gasteiger partial charge in [-0.3, -0.25) is 4.79 Å². The Hall–Kier alpha value is -2.24. The summed E-state index contributed by atoms with van der Waals surface area (Å²) >= 11 is 0. The van der Waals surface area contributed by atoms with Gasteiger partial charge < -0.3 is 19.4 Å².